The van der Waals surface area contributed by atoms with Gasteiger partial charge in [-0.2, -0.15) is 0 Å². The zero-order valence-electron chi connectivity index (χ0n) is 23.5. The number of rotatable bonds is 12. The van der Waals surface area contributed by atoms with E-state index in [1.54, 1.807) is 18.2 Å². The number of guanidine groups is 1. The van der Waals surface area contributed by atoms with Crippen LogP contribution < -0.4 is 22.1 Å². The minimum absolute atomic E-state index is 0.0288. The Morgan fingerprint density at radius 2 is 1.67 bits per heavy atom. The lowest BCUT2D eigenvalue weighted by molar-refractivity contribution is -0.133. The van der Waals surface area contributed by atoms with Crippen LogP contribution in [-0.4, -0.2) is 60.9 Å². The summed E-state index contributed by atoms with van der Waals surface area (Å²) in [6.45, 7) is 1.96. The third-order valence-electron chi connectivity index (χ3n) is 7.44. The highest BCUT2D eigenvalue weighted by atomic mass is 35.5. The molecule has 8 nitrogen and oxygen atoms in total. The normalized spacial score (nSPS) is 17.1. The smallest absolute Gasteiger partial charge is 0.239 e. The number of carbonyl (C=O) groups excluding carboxylic acids is 2. The first-order chi connectivity index (χ1) is 20.3. The summed E-state index contributed by atoms with van der Waals surface area (Å²) < 4.78 is 0. The largest absolute Gasteiger partial charge is 0.370 e. The maximum atomic E-state index is 13.9. The van der Waals surface area contributed by atoms with Crippen molar-refractivity contribution in [2.75, 3.05) is 26.2 Å². The third-order valence-corrected chi connectivity index (χ3v) is 8.18. The Kier molecular flexibility index (Phi) is 11.6. The number of benzene rings is 3. The Hall–Kier alpha value is -3.59. The molecule has 6 N–H and O–H groups in total. The van der Waals surface area contributed by atoms with Crippen LogP contribution in [0.4, 0.5) is 0 Å². The fourth-order valence-electron chi connectivity index (χ4n) is 5.26. The van der Waals surface area contributed by atoms with Gasteiger partial charge in [-0.15, -0.1) is 0 Å². The number of hydrogen-bond acceptors (Lipinski definition) is 4. The van der Waals surface area contributed by atoms with E-state index in [1.165, 1.54) is 0 Å². The third kappa shape index (κ3) is 9.21. The second kappa shape index (κ2) is 15.6. The number of amides is 2. The molecule has 3 aromatic rings. The first kappa shape index (κ1) is 31.3. The minimum atomic E-state index is -0.425. The Balaban J connectivity index is 1.47. The molecule has 0 bridgehead atoms. The van der Waals surface area contributed by atoms with Crippen LogP contribution in [-0.2, 0) is 16.0 Å². The highest BCUT2D eigenvalue weighted by Crippen LogP contribution is 2.27. The fourth-order valence-corrected chi connectivity index (χ4v) is 5.58. The first-order valence-corrected chi connectivity index (χ1v) is 15.0. The van der Waals surface area contributed by atoms with Gasteiger partial charge in [0.25, 0.3) is 0 Å². The van der Waals surface area contributed by atoms with Crippen LogP contribution in [0.3, 0.4) is 0 Å². The fraction of sp³-hybridized carbons (Fsp3) is 0.344. The molecule has 1 heterocycles. The number of nitrogens with zero attached hydrogens (tertiary/aromatic N) is 2. The second-order valence-corrected chi connectivity index (χ2v) is 11.4. The van der Waals surface area contributed by atoms with Gasteiger partial charge in [0.15, 0.2) is 5.96 Å². The summed E-state index contributed by atoms with van der Waals surface area (Å²) in [5, 5.41) is 7.41. The zero-order valence-corrected chi connectivity index (χ0v) is 25.0. The Morgan fingerprint density at radius 1 is 1.00 bits per heavy atom. The monoisotopic (exact) mass is 608 g/mol. The lowest BCUT2D eigenvalue weighted by Gasteiger charge is -2.29. The molecule has 2 unspecified atom stereocenters. The van der Waals surface area contributed by atoms with E-state index in [2.05, 4.69) is 39.9 Å². The Morgan fingerprint density at radius 3 is 2.29 bits per heavy atom. The summed E-state index contributed by atoms with van der Waals surface area (Å²) in [4.78, 5) is 32.7. The van der Waals surface area contributed by atoms with Gasteiger partial charge in [-0.1, -0.05) is 89.9 Å². The molecule has 10 heteroatoms. The standard InChI is InChI=1S/C32H38Cl2N6O2/c33-27-14-13-22(18-28(27)34)19-30(41)38-20-25-15-17-40(31(42)29(39-25)12-7-16-37-32(35)36)21-26(23-8-3-1-4-9-23)24-10-5-2-6-11-24/h1-6,8-11,13-14,18,25-26,29,39H,7,12,15-17,19-21H2,(H,38,41)(H4,35,36,37). The van der Waals surface area contributed by atoms with E-state index < -0.39 is 6.04 Å². The summed E-state index contributed by atoms with van der Waals surface area (Å²) in [6.07, 6.45) is 2.10. The van der Waals surface area contributed by atoms with Crippen molar-refractivity contribution in [3.05, 3.63) is 106 Å². The molecule has 2 atom stereocenters. The average Bonchev–Trinajstić information content (AvgIpc) is 3.13. The van der Waals surface area contributed by atoms with Crippen LogP contribution >= 0.6 is 23.2 Å². The predicted molar refractivity (Wildman–Crippen MR) is 170 cm³/mol. The number of carbonyl (C=O) groups is 2. The molecule has 1 fully saturated rings. The molecule has 3 aromatic carbocycles. The van der Waals surface area contributed by atoms with E-state index in [9.17, 15) is 9.59 Å². The number of nitrogens with one attached hydrogen (secondary N) is 2. The topological polar surface area (TPSA) is 126 Å². The summed E-state index contributed by atoms with van der Waals surface area (Å²) >= 11 is 12.1. The summed E-state index contributed by atoms with van der Waals surface area (Å²) in [5.41, 5.74) is 14.1. The number of nitrogens with two attached hydrogens (primary N) is 2. The molecule has 0 spiro atoms. The van der Waals surface area contributed by atoms with E-state index in [4.69, 9.17) is 34.7 Å². The van der Waals surface area contributed by atoms with Crippen LogP contribution in [0.5, 0.6) is 0 Å². The van der Waals surface area contributed by atoms with Crippen molar-refractivity contribution in [1.29, 1.82) is 0 Å². The SMILES string of the molecule is NC(N)=NCCCC1NC(CNC(=O)Cc2ccc(Cl)c(Cl)c2)CCN(CC(c2ccccc2)c2ccccc2)C1=O. The van der Waals surface area contributed by atoms with Gasteiger partial charge in [-0.3, -0.25) is 14.6 Å². The van der Waals surface area contributed by atoms with Crippen molar-refractivity contribution in [2.45, 2.75) is 43.7 Å². The quantitative estimate of drug-likeness (QED) is 0.140. The van der Waals surface area contributed by atoms with Gasteiger partial charge in [-0.25, -0.2) is 0 Å². The second-order valence-electron chi connectivity index (χ2n) is 10.5. The molecular formula is C32H38Cl2N6O2. The van der Waals surface area contributed by atoms with Crippen LogP contribution in [0.25, 0.3) is 0 Å². The Bertz CT molecular complexity index is 1310. The predicted octanol–water partition coefficient (Wildman–Crippen LogP) is 4.10. The highest BCUT2D eigenvalue weighted by molar-refractivity contribution is 6.42. The molecule has 0 aliphatic carbocycles. The molecule has 222 valence electrons. The van der Waals surface area contributed by atoms with E-state index in [-0.39, 0.29) is 36.2 Å². The minimum Gasteiger partial charge on any atom is -0.370 e. The summed E-state index contributed by atoms with van der Waals surface area (Å²) in [7, 11) is 0. The van der Waals surface area contributed by atoms with Crippen molar-refractivity contribution < 1.29 is 9.59 Å². The number of hydrogen-bond donors (Lipinski definition) is 4. The average molecular weight is 610 g/mol. The molecule has 0 aromatic heterocycles. The maximum absolute atomic E-state index is 13.9. The van der Waals surface area contributed by atoms with Gasteiger partial charge in [0.1, 0.15) is 0 Å². The van der Waals surface area contributed by atoms with Gasteiger partial charge in [0, 0.05) is 38.1 Å². The lowest BCUT2D eigenvalue weighted by atomic mass is 9.90. The first-order valence-electron chi connectivity index (χ1n) is 14.2. The molecule has 2 amide bonds. The maximum Gasteiger partial charge on any atom is 0.239 e. The van der Waals surface area contributed by atoms with E-state index in [0.29, 0.717) is 55.5 Å². The van der Waals surface area contributed by atoms with Crippen molar-refractivity contribution in [3.8, 4) is 0 Å². The van der Waals surface area contributed by atoms with Crippen LogP contribution in [0, 0.1) is 0 Å². The van der Waals surface area contributed by atoms with Crippen molar-refractivity contribution in [3.63, 3.8) is 0 Å². The molecular weight excluding hydrogens is 571 g/mol. The zero-order chi connectivity index (χ0) is 29.9. The van der Waals surface area contributed by atoms with Crippen LogP contribution in [0.15, 0.2) is 83.9 Å². The number of aliphatic imine (C=N–C) groups is 1. The van der Waals surface area contributed by atoms with Gasteiger partial charge < -0.3 is 27.0 Å². The van der Waals surface area contributed by atoms with E-state index >= 15 is 0 Å². The summed E-state index contributed by atoms with van der Waals surface area (Å²) in [5.74, 6) is -0.0182. The Labute approximate surface area is 257 Å². The summed E-state index contributed by atoms with van der Waals surface area (Å²) in [6, 6.07) is 25.2. The molecule has 4 rings (SSSR count). The van der Waals surface area contributed by atoms with E-state index in [1.807, 2.05) is 41.3 Å². The van der Waals surface area contributed by atoms with Crippen LogP contribution in [0.1, 0.15) is 41.9 Å². The number of halogens is 2. The molecule has 1 aliphatic heterocycles. The molecule has 42 heavy (non-hydrogen) atoms. The van der Waals surface area contributed by atoms with Gasteiger partial charge >= 0.3 is 0 Å². The highest BCUT2D eigenvalue weighted by Gasteiger charge is 2.32. The molecule has 1 aliphatic rings. The van der Waals surface area contributed by atoms with Gasteiger partial charge in [0.2, 0.25) is 11.8 Å². The van der Waals surface area contributed by atoms with Crippen molar-refractivity contribution in [1.82, 2.24) is 15.5 Å². The van der Waals surface area contributed by atoms with Crippen molar-refractivity contribution >= 4 is 41.0 Å². The van der Waals surface area contributed by atoms with Gasteiger partial charge in [0.05, 0.1) is 22.5 Å². The van der Waals surface area contributed by atoms with Crippen molar-refractivity contribution in [2.24, 2.45) is 16.5 Å². The molecule has 0 radical (unpaired) electrons. The lowest BCUT2D eigenvalue weighted by Crippen LogP contribution is -2.49. The van der Waals surface area contributed by atoms with Gasteiger partial charge in [-0.05, 0) is 48.1 Å². The van der Waals surface area contributed by atoms with E-state index in [0.717, 1.165) is 16.7 Å². The molecule has 0 saturated carbocycles. The molecule has 1 saturated heterocycles. The van der Waals surface area contributed by atoms with Crippen LogP contribution in [0.2, 0.25) is 10.0 Å².